The third kappa shape index (κ3) is 3.64. The summed E-state index contributed by atoms with van der Waals surface area (Å²) in [4.78, 5) is 29.5. The average Bonchev–Trinajstić information content (AvgIpc) is 2.62. The zero-order chi connectivity index (χ0) is 15.4. The standard InChI is InChI=1S/C18H30N2O2/c21-17(19-10-3-1-4-11-19)15-8-7-9-16(14-15)18(22)20-12-5-2-6-13-20/h15-16H,1-14H2. The number of rotatable bonds is 2. The van der Waals surface area contributed by atoms with E-state index in [0.29, 0.717) is 11.8 Å². The largest absolute Gasteiger partial charge is 0.342 e. The van der Waals surface area contributed by atoms with Gasteiger partial charge in [-0.15, -0.1) is 0 Å². The van der Waals surface area contributed by atoms with Gasteiger partial charge in [0.25, 0.3) is 0 Å². The molecule has 0 aromatic rings. The Hall–Kier alpha value is -1.06. The van der Waals surface area contributed by atoms with Crippen LogP contribution in [0.3, 0.4) is 0 Å². The monoisotopic (exact) mass is 306 g/mol. The molecule has 3 aliphatic rings. The molecule has 2 heterocycles. The van der Waals surface area contributed by atoms with E-state index in [1.807, 2.05) is 0 Å². The zero-order valence-electron chi connectivity index (χ0n) is 13.8. The molecule has 2 saturated heterocycles. The normalized spacial score (nSPS) is 30.2. The molecule has 0 N–H and O–H groups in total. The first kappa shape index (κ1) is 15.8. The van der Waals surface area contributed by atoms with E-state index in [1.54, 1.807) is 0 Å². The first-order valence-corrected chi connectivity index (χ1v) is 9.33. The summed E-state index contributed by atoms with van der Waals surface area (Å²) in [5.74, 6) is 0.864. The molecule has 0 spiro atoms. The Labute approximate surface area is 134 Å². The van der Waals surface area contributed by atoms with Crippen LogP contribution in [0.25, 0.3) is 0 Å². The van der Waals surface area contributed by atoms with Crippen LogP contribution in [-0.2, 0) is 9.59 Å². The first-order chi connectivity index (χ1) is 10.8. The van der Waals surface area contributed by atoms with Crippen LogP contribution in [0.5, 0.6) is 0 Å². The fraction of sp³-hybridized carbons (Fsp3) is 0.889. The molecular formula is C18H30N2O2. The van der Waals surface area contributed by atoms with Crippen LogP contribution < -0.4 is 0 Å². The van der Waals surface area contributed by atoms with Crippen molar-refractivity contribution in [2.45, 2.75) is 64.2 Å². The molecule has 1 aliphatic carbocycles. The van der Waals surface area contributed by atoms with E-state index < -0.39 is 0 Å². The summed E-state index contributed by atoms with van der Waals surface area (Å²) in [6, 6.07) is 0. The van der Waals surface area contributed by atoms with Crippen molar-refractivity contribution in [2.75, 3.05) is 26.2 Å². The Balaban J connectivity index is 1.56. The van der Waals surface area contributed by atoms with Gasteiger partial charge in [0.15, 0.2) is 0 Å². The Morgan fingerprint density at radius 3 is 1.41 bits per heavy atom. The summed E-state index contributed by atoms with van der Waals surface area (Å²) in [6.45, 7) is 3.72. The minimum Gasteiger partial charge on any atom is -0.342 e. The highest BCUT2D eigenvalue weighted by atomic mass is 16.2. The lowest BCUT2D eigenvalue weighted by atomic mass is 9.79. The van der Waals surface area contributed by atoms with Crippen molar-refractivity contribution >= 4 is 11.8 Å². The Morgan fingerprint density at radius 1 is 0.591 bits per heavy atom. The number of piperidine rings is 2. The van der Waals surface area contributed by atoms with Crippen LogP contribution in [0, 0.1) is 11.8 Å². The predicted octanol–water partition coefficient (Wildman–Crippen LogP) is 2.82. The van der Waals surface area contributed by atoms with E-state index in [9.17, 15) is 9.59 Å². The molecule has 2 unspecified atom stereocenters. The number of hydrogen-bond donors (Lipinski definition) is 0. The van der Waals surface area contributed by atoms with E-state index in [0.717, 1.165) is 77.5 Å². The number of carbonyl (C=O) groups excluding carboxylic acids is 2. The van der Waals surface area contributed by atoms with Crippen molar-refractivity contribution < 1.29 is 9.59 Å². The van der Waals surface area contributed by atoms with Crippen LogP contribution in [0.4, 0.5) is 0 Å². The van der Waals surface area contributed by atoms with Crippen molar-refractivity contribution in [2.24, 2.45) is 11.8 Å². The fourth-order valence-corrected chi connectivity index (χ4v) is 4.38. The Morgan fingerprint density at radius 2 is 1.00 bits per heavy atom. The highest BCUT2D eigenvalue weighted by Gasteiger charge is 2.35. The third-order valence-corrected chi connectivity index (χ3v) is 5.71. The van der Waals surface area contributed by atoms with Crippen LogP contribution in [0.15, 0.2) is 0 Å². The lowest BCUT2D eigenvalue weighted by Crippen LogP contribution is -2.44. The van der Waals surface area contributed by atoms with Crippen molar-refractivity contribution in [3.8, 4) is 0 Å². The van der Waals surface area contributed by atoms with Gasteiger partial charge in [-0.05, 0) is 57.8 Å². The van der Waals surface area contributed by atoms with Crippen molar-refractivity contribution in [3.63, 3.8) is 0 Å². The summed E-state index contributed by atoms with van der Waals surface area (Å²) in [6.07, 6.45) is 10.9. The first-order valence-electron chi connectivity index (χ1n) is 9.33. The molecule has 124 valence electrons. The number of amides is 2. The summed E-state index contributed by atoms with van der Waals surface area (Å²) in [7, 11) is 0. The van der Waals surface area contributed by atoms with E-state index >= 15 is 0 Å². The van der Waals surface area contributed by atoms with E-state index in [1.165, 1.54) is 12.8 Å². The lowest BCUT2D eigenvalue weighted by Gasteiger charge is -2.36. The average molecular weight is 306 g/mol. The number of hydrogen-bond acceptors (Lipinski definition) is 2. The van der Waals surface area contributed by atoms with Gasteiger partial charge in [0.05, 0.1) is 0 Å². The van der Waals surface area contributed by atoms with Crippen molar-refractivity contribution in [3.05, 3.63) is 0 Å². The maximum Gasteiger partial charge on any atom is 0.225 e. The van der Waals surface area contributed by atoms with Gasteiger partial charge in [-0.3, -0.25) is 9.59 Å². The molecule has 2 aliphatic heterocycles. The molecule has 3 fully saturated rings. The van der Waals surface area contributed by atoms with E-state index in [2.05, 4.69) is 9.80 Å². The molecule has 0 radical (unpaired) electrons. The van der Waals surface area contributed by atoms with Gasteiger partial charge in [-0.1, -0.05) is 6.42 Å². The molecule has 4 heteroatoms. The maximum absolute atomic E-state index is 12.7. The minimum absolute atomic E-state index is 0.102. The topological polar surface area (TPSA) is 40.6 Å². The lowest BCUT2D eigenvalue weighted by molar-refractivity contribution is -0.142. The number of likely N-dealkylation sites (tertiary alicyclic amines) is 2. The van der Waals surface area contributed by atoms with Crippen molar-refractivity contribution in [1.82, 2.24) is 9.80 Å². The third-order valence-electron chi connectivity index (χ3n) is 5.71. The molecule has 0 aromatic heterocycles. The van der Waals surface area contributed by atoms with E-state index in [-0.39, 0.29) is 11.8 Å². The van der Waals surface area contributed by atoms with E-state index in [4.69, 9.17) is 0 Å². The highest BCUT2D eigenvalue weighted by molar-refractivity contribution is 5.82. The summed E-state index contributed by atoms with van der Waals surface area (Å²) < 4.78 is 0. The quantitative estimate of drug-likeness (QED) is 0.787. The maximum atomic E-state index is 12.7. The Kier molecular flexibility index (Phi) is 5.37. The highest BCUT2D eigenvalue weighted by Crippen LogP contribution is 2.32. The molecule has 22 heavy (non-hydrogen) atoms. The van der Waals surface area contributed by atoms with Gasteiger partial charge in [-0.25, -0.2) is 0 Å². The molecule has 4 nitrogen and oxygen atoms in total. The molecule has 3 rings (SSSR count). The van der Waals surface area contributed by atoms with Gasteiger partial charge in [0, 0.05) is 38.0 Å². The second-order valence-electron chi connectivity index (χ2n) is 7.33. The minimum atomic E-state index is 0.102. The molecule has 1 saturated carbocycles. The Bertz CT molecular complexity index is 362. The summed E-state index contributed by atoms with van der Waals surface area (Å²) in [5, 5.41) is 0. The summed E-state index contributed by atoms with van der Waals surface area (Å²) >= 11 is 0. The van der Waals surface area contributed by atoms with Gasteiger partial charge in [-0.2, -0.15) is 0 Å². The second kappa shape index (κ2) is 7.47. The molecule has 0 bridgehead atoms. The summed E-state index contributed by atoms with van der Waals surface area (Å²) in [5.41, 5.74) is 0. The van der Waals surface area contributed by atoms with Gasteiger partial charge >= 0.3 is 0 Å². The smallest absolute Gasteiger partial charge is 0.225 e. The second-order valence-corrected chi connectivity index (χ2v) is 7.33. The van der Waals surface area contributed by atoms with Crippen LogP contribution in [0.1, 0.15) is 64.2 Å². The molecule has 2 atom stereocenters. The number of carbonyl (C=O) groups is 2. The SMILES string of the molecule is O=C(C1CCCC(C(=O)N2CCCCC2)C1)N1CCCCC1. The van der Waals surface area contributed by atoms with Gasteiger partial charge in [0.2, 0.25) is 11.8 Å². The predicted molar refractivity (Wildman–Crippen MR) is 86.3 cm³/mol. The fourth-order valence-electron chi connectivity index (χ4n) is 4.38. The van der Waals surface area contributed by atoms with Crippen LogP contribution in [0.2, 0.25) is 0 Å². The van der Waals surface area contributed by atoms with Crippen LogP contribution in [-0.4, -0.2) is 47.8 Å². The molecule has 2 amide bonds. The van der Waals surface area contributed by atoms with Crippen LogP contribution >= 0.6 is 0 Å². The van der Waals surface area contributed by atoms with Gasteiger partial charge < -0.3 is 9.80 Å². The molecule has 0 aromatic carbocycles. The molecular weight excluding hydrogens is 276 g/mol. The van der Waals surface area contributed by atoms with Gasteiger partial charge in [0.1, 0.15) is 0 Å². The van der Waals surface area contributed by atoms with Crippen molar-refractivity contribution in [1.29, 1.82) is 0 Å². The zero-order valence-corrected chi connectivity index (χ0v) is 13.8. The number of nitrogens with zero attached hydrogens (tertiary/aromatic N) is 2.